The Morgan fingerprint density at radius 1 is 0.889 bits per heavy atom. The molecule has 0 aromatic heterocycles. The fourth-order valence-electron chi connectivity index (χ4n) is 5.08. The van der Waals surface area contributed by atoms with Gasteiger partial charge in [-0.15, -0.1) is 0 Å². The largest absolute Gasteiger partial charge is 0.495 e. The second-order valence-corrected chi connectivity index (χ2v) is 9.46. The zero-order valence-corrected chi connectivity index (χ0v) is 22.6. The molecule has 0 atom stereocenters. The molecule has 2 fully saturated rings. The lowest BCUT2D eigenvalue weighted by Crippen LogP contribution is -2.52. The van der Waals surface area contributed by atoms with Crippen LogP contribution in [0.15, 0.2) is 48.5 Å². The maximum absolute atomic E-state index is 12.5. The van der Waals surface area contributed by atoms with E-state index in [4.69, 9.17) is 9.47 Å². The number of hydrogen-bond acceptors (Lipinski definition) is 5. The predicted molar refractivity (Wildman–Crippen MR) is 149 cm³/mol. The van der Waals surface area contributed by atoms with Crippen molar-refractivity contribution in [2.45, 2.75) is 71.6 Å². The van der Waals surface area contributed by atoms with E-state index in [0.717, 1.165) is 57.6 Å². The van der Waals surface area contributed by atoms with Crippen molar-refractivity contribution in [3.05, 3.63) is 48.5 Å². The van der Waals surface area contributed by atoms with Gasteiger partial charge in [0.2, 0.25) is 0 Å². The van der Waals surface area contributed by atoms with E-state index in [9.17, 15) is 4.79 Å². The van der Waals surface area contributed by atoms with E-state index in [-0.39, 0.29) is 18.2 Å². The number of nitrogens with zero attached hydrogens (tertiary/aromatic N) is 2. The molecule has 2 amide bonds. The Kier molecular flexibility index (Phi) is 10.7. The van der Waals surface area contributed by atoms with Crippen LogP contribution in [0.2, 0.25) is 0 Å². The van der Waals surface area contributed by atoms with Crippen molar-refractivity contribution in [1.82, 2.24) is 10.2 Å². The molecule has 0 radical (unpaired) electrons. The van der Waals surface area contributed by atoms with Crippen molar-refractivity contribution in [3.8, 4) is 11.5 Å². The summed E-state index contributed by atoms with van der Waals surface area (Å²) in [5.41, 5.74) is 1.89. The van der Waals surface area contributed by atoms with E-state index in [2.05, 4.69) is 52.5 Å². The molecule has 4 rings (SSSR count). The summed E-state index contributed by atoms with van der Waals surface area (Å²) in [5, 5.41) is 6.06. The lowest BCUT2D eigenvalue weighted by Gasteiger charge is -2.43. The van der Waals surface area contributed by atoms with E-state index in [0.29, 0.717) is 17.5 Å². The number of carbonyl (C=O) groups is 1. The van der Waals surface area contributed by atoms with Gasteiger partial charge in [-0.05, 0) is 63.8 Å². The summed E-state index contributed by atoms with van der Waals surface area (Å²) >= 11 is 0. The van der Waals surface area contributed by atoms with Crippen molar-refractivity contribution >= 4 is 17.4 Å². The average Bonchev–Trinajstić information content (AvgIpc) is 2.91. The Hall–Kier alpha value is -2.93. The molecule has 1 aliphatic heterocycles. The Balaban J connectivity index is 0.00000176. The van der Waals surface area contributed by atoms with Crippen LogP contribution in [0.5, 0.6) is 11.5 Å². The number of rotatable bonds is 7. The quantitative estimate of drug-likeness (QED) is 0.510. The van der Waals surface area contributed by atoms with Crippen LogP contribution in [0.3, 0.4) is 0 Å². The van der Waals surface area contributed by atoms with Crippen molar-refractivity contribution < 1.29 is 14.3 Å². The van der Waals surface area contributed by atoms with Gasteiger partial charge in [0.05, 0.1) is 24.6 Å². The van der Waals surface area contributed by atoms with Crippen LogP contribution in [0.25, 0.3) is 0 Å². The Bertz CT molecular complexity index is 936. The van der Waals surface area contributed by atoms with Crippen molar-refractivity contribution in [2.24, 2.45) is 0 Å². The molecule has 2 aromatic rings. The lowest BCUT2D eigenvalue weighted by atomic mass is 9.90. The SMILES string of the molecule is CC.COc1ccccc1NC(=O)NC1CCC(N2CCN(c3ccccc3OC(C)C)CC2)CC1. The number of piperazine rings is 1. The van der Waals surface area contributed by atoms with E-state index >= 15 is 0 Å². The molecule has 1 saturated carbocycles. The molecule has 0 spiro atoms. The van der Waals surface area contributed by atoms with Gasteiger partial charge in [-0.1, -0.05) is 38.1 Å². The molecule has 2 N–H and O–H groups in total. The van der Waals surface area contributed by atoms with E-state index in [1.165, 1.54) is 5.69 Å². The minimum Gasteiger partial charge on any atom is -0.495 e. The smallest absolute Gasteiger partial charge is 0.319 e. The first-order chi connectivity index (χ1) is 17.5. The van der Waals surface area contributed by atoms with Crippen LogP contribution in [-0.2, 0) is 0 Å². The van der Waals surface area contributed by atoms with Crippen LogP contribution < -0.4 is 25.0 Å². The van der Waals surface area contributed by atoms with Crippen molar-refractivity contribution in [1.29, 1.82) is 0 Å². The van der Waals surface area contributed by atoms with Gasteiger partial charge in [0.25, 0.3) is 0 Å². The Morgan fingerprint density at radius 3 is 2.14 bits per heavy atom. The summed E-state index contributed by atoms with van der Waals surface area (Å²) in [6.07, 6.45) is 4.42. The molecule has 7 nitrogen and oxygen atoms in total. The summed E-state index contributed by atoms with van der Waals surface area (Å²) in [6.45, 7) is 12.3. The predicted octanol–water partition coefficient (Wildman–Crippen LogP) is 5.76. The van der Waals surface area contributed by atoms with Crippen LogP contribution in [0, 0.1) is 0 Å². The first-order valence-electron chi connectivity index (χ1n) is 13.5. The zero-order chi connectivity index (χ0) is 25.9. The number of para-hydroxylation sites is 4. The minimum absolute atomic E-state index is 0.163. The number of nitrogens with one attached hydrogen (secondary N) is 2. The average molecular weight is 497 g/mol. The summed E-state index contributed by atoms with van der Waals surface area (Å²) < 4.78 is 11.4. The maximum atomic E-state index is 12.5. The number of urea groups is 1. The molecule has 2 aliphatic rings. The van der Waals surface area contributed by atoms with Crippen LogP contribution in [-0.4, -0.2) is 62.4 Å². The molecular weight excluding hydrogens is 452 g/mol. The van der Waals surface area contributed by atoms with Gasteiger partial charge in [-0.2, -0.15) is 0 Å². The molecule has 7 heteroatoms. The molecule has 1 saturated heterocycles. The number of anilines is 2. The molecule has 2 aromatic carbocycles. The molecule has 36 heavy (non-hydrogen) atoms. The van der Waals surface area contributed by atoms with Gasteiger partial charge in [0.15, 0.2) is 0 Å². The summed E-state index contributed by atoms with van der Waals surface area (Å²) in [7, 11) is 1.61. The fraction of sp³-hybridized carbons (Fsp3) is 0.552. The van der Waals surface area contributed by atoms with Crippen LogP contribution >= 0.6 is 0 Å². The lowest BCUT2D eigenvalue weighted by molar-refractivity contribution is 0.137. The molecule has 1 aliphatic carbocycles. The Morgan fingerprint density at radius 2 is 1.50 bits per heavy atom. The third kappa shape index (κ3) is 7.53. The first kappa shape index (κ1) is 27.7. The molecular formula is C29H44N4O3. The second kappa shape index (κ2) is 14.0. The third-order valence-electron chi connectivity index (χ3n) is 6.79. The fourth-order valence-corrected chi connectivity index (χ4v) is 5.08. The molecule has 198 valence electrons. The normalized spacial score (nSPS) is 20.2. The minimum atomic E-state index is -0.163. The van der Waals surface area contributed by atoms with Crippen molar-refractivity contribution in [3.63, 3.8) is 0 Å². The summed E-state index contributed by atoms with van der Waals surface area (Å²) in [5.74, 6) is 1.64. The van der Waals surface area contributed by atoms with Gasteiger partial charge in [0.1, 0.15) is 11.5 Å². The van der Waals surface area contributed by atoms with E-state index in [1.54, 1.807) is 7.11 Å². The van der Waals surface area contributed by atoms with Crippen molar-refractivity contribution in [2.75, 3.05) is 43.5 Å². The number of carbonyl (C=O) groups excluding carboxylic acids is 1. The van der Waals surface area contributed by atoms with Gasteiger partial charge in [0, 0.05) is 38.3 Å². The summed E-state index contributed by atoms with van der Waals surface area (Å²) in [6, 6.07) is 16.5. The maximum Gasteiger partial charge on any atom is 0.319 e. The van der Waals surface area contributed by atoms with Crippen LogP contribution in [0.4, 0.5) is 16.2 Å². The van der Waals surface area contributed by atoms with Gasteiger partial charge >= 0.3 is 6.03 Å². The van der Waals surface area contributed by atoms with Crippen LogP contribution in [0.1, 0.15) is 53.4 Å². The monoisotopic (exact) mass is 496 g/mol. The zero-order valence-electron chi connectivity index (χ0n) is 22.6. The highest BCUT2D eigenvalue weighted by Crippen LogP contribution is 2.31. The number of benzene rings is 2. The van der Waals surface area contributed by atoms with Gasteiger partial charge in [-0.25, -0.2) is 4.79 Å². The number of ether oxygens (including phenoxy) is 2. The summed E-state index contributed by atoms with van der Waals surface area (Å²) in [4.78, 5) is 17.6. The highest BCUT2D eigenvalue weighted by molar-refractivity contribution is 5.91. The number of amides is 2. The third-order valence-corrected chi connectivity index (χ3v) is 6.79. The standard InChI is InChI=1S/C27H38N4O3.C2H6/c1-20(2)34-26-11-7-5-9-24(26)31-18-16-30(17-19-31)22-14-12-21(13-15-22)28-27(32)29-23-8-4-6-10-25(23)33-3;1-2/h4-11,20-22H,12-19H2,1-3H3,(H2,28,29,32);1-2H3. The highest BCUT2D eigenvalue weighted by atomic mass is 16.5. The first-order valence-corrected chi connectivity index (χ1v) is 13.5. The second-order valence-electron chi connectivity index (χ2n) is 9.46. The van der Waals surface area contributed by atoms with E-state index in [1.807, 2.05) is 44.2 Å². The molecule has 0 bridgehead atoms. The van der Waals surface area contributed by atoms with E-state index < -0.39 is 0 Å². The highest BCUT2D eigenvalue weighted by Gasteiger charge is 2.29. The van der Waals surface area contributed by atoms with Gasteiger partial charge < -0.3 is 25.0 Å². The molecule has 0 unspecified atom stereocenters. The Labute approximate surface area is 217 Å². The molecule has 1 heterocycles. The topological polar surface area (TPSA) is 66.1 Å². The van der Waals surface area contributed by atoms with Gasteiger partial charge in [-0.3, -0.25) is 4.90 Å². The number of hydrogen-bond donors (Lipinski definition) is 2. The number of methoxy groups -OCH3 is 1.